The van der Waals surface area contributed by atoms with Crippen molar-refractivity contribution >= 4 is 16.8 Å². The van der Waals surface area contributed by atoms with Crippen LogP contribution in [0.25, 0.3) is 10.9 Å². The molecular formula is C18H24FN3O2. The van der Waals surface area contributed by atoms with E-state index in [2.05, 4.69) is 29.0 Å². The van der Waals surface area contributed by atoms with E-state index in [1.54, 1.807) is 12.1 Å². The number of aromatic nitrogens is 1. The summed E-state index contributed by atoms with van der Waals surface area (Å²) in [6.45, 7) is 8.38. The van der Waals surface area contributed by atoms with Gasteiger partial charge in [-0.2, -0.15) is 0 Å². The first-order valence-electron chi connectivity index (χ1n) is 8.41. The largest absolute Gasteiger partial charge is 0.374 e. The van der Waals surface area contributed by atoms with Gasteiger partial charge in [-0.15, -0.1) is 0 Å². The van der Waals surface area contributed by atoms with Gasteiger partial charge in [-0.05, 0) is 30.2 Å². The number of halogens is 1. The molecule has 130 valence electrons. The van der Waals surface area contributed by atoms with Crippen molar-refractivity contribution in [2.24, 2.45) is 5.92 Å². The number of benzene rings is 1. The van der Waals surface area contributed by atoms with Crippen LogP contribution in [0.5, 0.6) is 0 Å². The Morgan fingerprint density at radius 2 is 2.29 bits per heavy atom. The third-order valence-electron chi connectivity index (χ3n) is 4.16. The summed E-state index contributed by atoms with van der Waals surface area (Å²) in [4.78, 5) is 17.7. The highest BCUT2D eigenvalue weighted by Gasteiger charge is 2.21. The van der Waals surface area contributed by atoms with E-state index in [-0.39, 0.29) is 17.8 Å². The van der Waals surface area contributed by atoms with E-state index < -0.39 is 0 Å². The fourth-order valence-electron chi connectivity index (χ4n) is 3.11. The first-order valence-corrected chi connectivity index (χ1v) is 8.41. The Labute approximate surface area is 141 Å². The molecule has 0 bridgehead atoms. The maximum atomic E-state index is 13.2. The summed E-state index contributed by atoms with van der Waals surface area (Å²) in [6, 6.07) is 6.09. The predicted molar refractivity (Wildman–Crippen MR) is 91.6 cm³/mol. The van der Waals surface area contributed by atoms with Crippen molar-refractivity contribution in [1.29, 1.82) is 0 Å². The van der Waals surface area contributed by atoms with Crippen molar-refractivity contribution in [2.75, 3.05) is 32.8 Å². The van der Waals surface area contributed by atoms with E-state index >= 15 is 0 Å². The fourth-order valence-corrected chi connectivity index (χ4v) is 3.11. The molecule has 1 aliphatic rings. The normalized spacial score (nSPS) is 19.1. The average Bonchev–Trinajstić information content (AvgIpc) is 2.95. The van der Waals surface area contributed by atoms with Crippen molar-refractivity contribution in [3.05, 3.63) is 35.8 Å². The minimum Gasteiger partial charge on any atom is -0.374 e. The highest BCUT2D eigenvalue weighted by atomic mass is 19.1. The number of carbonyl (C=O) groups excluding carboxylic acids is 1. The van der Waals surface area contributed by atoms with E-state index in [4.69, 9.17) is 4.74 Å². The van der Waals surface area contributed by atoms with Gasteiger partial charge in [0.05, 0.1) is 12.7 Å². The van der Waals surface area contributed by atoms with E-state index in [1.165, 1.54) is 12.1 Å². The molecular weight excluding hydrogens is 309 g/mol. The Balaban J connectivity index is 1.56. The lowest BCUT2D eigenvalue weighted by molar-refractivity contribution is -0.0295. The van der Waals surface area contributed by atoms with Gasteiger partial charge < -0.3 is 15.0 Å². The Morgan fingerprint density at radius 3 is 3.08 bits per heavy atom. The molecule has 2 N–H and O–H groups in total. The summed E-state index contributed by atoms with van der Waals surface area (Å²) in [7, 11) is 0. The van der Waals surface area contributed by atoms with Gasteiger partial charge in [-0.1, -0.05) is 13.8 Å². The molecule has 1 amide bonds. The SMILES string of the molecule is CC(C)CN1CCO[C@@H](CNC(=O)c2cc3cc(F)ccc3[nH]2)C1. The summed E-state index contributed by atoms with van der Waals surface area (Å²) in [5.41, 5.74) is 1.18. The molecule has 1 fully saturated rings. The Kier molecular flexibility index (Phi) is 5.16. The van der Waals surface area contributed by atoms with Gasteiger partial charge in [0.2, 0.25) is 0 Å². The van der Waals surface area contributed by atoms with E-state index in [0.29, 0.717) is 30.1 Å². The maximum absolute atomic E-state index is 13.2. The molecule has 2 aromatic rings. The molecule has 1 aliphatic heterocycles. The molecule has 0 unspecified atom stereocenters. The highest BCUT2D eigenvalue weighted by molar-refractivity contribution is 5.98. The molecule has 5 nitrogen and oxygen atoms in total. The van der Waals surface area contributed by atoms with Crippen LogP contribution in [0.3, 0.4) is 0 Å². The third kappa shape index (κ3) is 4.13. The van der Waals surface area contributed by atoms with Crippen LogP contribution in [-0.2, 0) is 4.74 Å². The zero-order valence-electron chi connectivity index (χ0n) is 14.1. The number of nitrogens with zero attached hydrogens (tertiary/aromatic N) is 1. The summed E-state index contributed by atoms with van der Waals surface area (Å²) < 4.78 is 19.0. The van der Waals surface area contributed by atoms with Crippen molar-refractivity contribution in [2.45, 2.75) is 20.0 Å². The average molecular weight is 333 g/mol. The molecule has 1 atom stereocenters. The number of rotatable bonds is 5. The van der Waals surface area contributed by atoms with E-state index in [1.807, 2.05) is 0 Å². The highest BCUT2D eigenvalue weighted by Crippen LogP contribution is 2.16. The second-order valence-corrected chi connectivity index (χ2v) is 6.77. The molecule has 0 aliphatic carbocycles. The van der Waals surface area contributed by atoms with Crippen LogP contribution in [0.2, 0.25) is 0 Å². The van der Waals surface area contributed by atoms with Crippen LogP contribution < -0.4 is 5.32 Å². The van der Waals surface area contributed by atoms with Gasteiger partial charge in [-0.25, -0.2) is 4.39 Å². The number of ether oxygens (including phenoxy) is 1. The standard InChI is InChI=1S/C18H24FN3O2/c1-12(2)10-22-5-6-24-15(11-22)9-20-18(23)17-8-13-7-14(19)3-4-16(13)21-17/h3-4,7-8,12,15,21H,5-6,9-11H2,1-2H3,(H,20,23)/t15-/m0/s1. The molecule has 0 radical (unpaired) electrons. The number of morpholine rings is 1. The van der Waals surface area contributed by atoms with Crippen LogP contribution in [0.1, 0.15) is 24.3 Å². The molecule has 3 rings (SSSR count). The van der Waals surface area contributed by atoms with Gasteiger partial charge in [0, 0.05) is 37.1 Å². The van der Waals surface area contributed by atoms with E-state index in [9.17, 15) is 9.18 Å². The van der Waals surface area contributed by atoms with Gasteiger partial charge in [-0.3, -0.25) is 9.69 Å². The Hall–Kier alpha value is -1.92. The molecule has 2 heterocycles. The molecule has 1 saturated heterocycles. The van der Waals surface area contributed by atoms with Crippen LogP contribution in [0, 0.1) is 11.7 Å². The molecule has 1 aromatic heterocycles. The van der Waals surface area contributed by atoms with Crippen LogP contribution in [-0.4, -0.2) is 54.7 Å². The van der Waals surface area contributed by atoms with Crippen LogP contribution >= 0.6 is 0 Å². The van der Waals surface area contributed by atoms with Crippen molar-refractivity contribution in [1.82, 2.24) is 15.2 Å². The lowest BCUT2D eigenvalue weighted by Crippen LogP contribution is -2.48. The summed E-state index contributed by atoms with van der Waals surface area (Å²) in [5, 5.41) is 3.59. The van der Waals surface area contributed by atoms with Crippen LogP contribution in [0.4, 0.5) is 4.39 Å². The van der Waals surface area contributed by atoms with Gasteiger partial charge in [0.1, 0.15) is 11.5 Å². The molecule has 0 spiro atoms. The molecule has 1 aromatic carbocycles. The third-order valence-corrected chi connectivity index (χ3v) is 4.16. The number of H-pyrrole nitrogens is 1. The summed E-state index contributed by atoms with van der Waals surface area (Å²) >= 11 is 0. The maximum Gasteiger partial charge on any atom is 0.267 e. The molecule has 6 heteroatoms. The number of nitrogens with one attached hydrogen (secondary N) is 2. The van der Waals surface area contributed by atoms with Crippen molar-refractivity contribution < 1.29 is 13.9 Å². The van der Waals surface area contributed by atoms with Gasteiger partial charge in [0.15, 0.2) is 0 Å². The summed E-state index contributed by atoms with van der Waals surface area (Å²) in [5.74, 6) is 0.107. The number of hydrogen-bond donors (Lipinski definition) is 2. The fraction of sp³-hybridized carbons (Fsp3) is 0.500. The number of fused-ring (bicyclic) bond motifs is 1. The predicted octanol–water partition coefficient (Wildman–Crippen LogP) is 2.39. The lowest BCUT2D eigenvalue weighted by atomic mass is 10.2. The van der Waals surface area contributed by atoms with Crippen LogP contribution in [0.15, 0.2) is 24.3 Å². The number of amides is 1. The molecule has 24 heavy (non-hydrogen) atoms. The number of carbonyl (C=O) groups is 1. The van der Waals surface area contributed by atoms with Crippen molar-refractivity contribution in [3.63, 3.8) is 0 Å². The smallest absolute Gasteiger partial charge is 0.267 e. The summed E-state index contributed by atoms with van der Waals surface area (Å²) in [6.07, 6.45) is 0.00303. The number of aromatic amines is 1. The quantitative estimate of drug-likeness (QED) is 0.883. The topological polar surface area (TPSA) is 57.4 Å². The second-order valence-electron chi connectivity index (χ2n) is 6.77. The monoisotopic (exact) mass is 333 g/mol. The zero-order valence-corrected chi connectivity index (χ0v) is 14.1. The van der Waals surface area contributed by atoms with E-state index in [0.717, 1.165) is 25.2 Å². The minimum absolute atomic E-state index is 0.00303. The Bertz CT molecular complexity index is 713. The molecule has 0 saturated carbocycles. The Morgan fingerprint density at radius 1 is 1.46 bits per heavy atom. The first kappa shape index (κ1) is 16.9. The lowest BCUT2D eigenvalue weighted by Gasteiger charge is -2.33. The van der Waals surface area contributed by atoms with Crippen molar-refractivity contribution in [3.8, 4) is 0 Å². The first-order chi connectivity index (χ1) is 11.5. The second kappa shape index (κ2) is 7.32. The number of hydrogen-bond acceptors (Lipinski definition) is 3. The minimum atomic E-state index is -0.311. The zero-order chi connectivity index (χ0) is 17.1. The van der Waals surface area contributed by atoms with Gasteiger partial charge >= 0.3 is 0 Å². The van der Waals surface area contributed by atoms with Gasteiger partial charge in [0.25, 0.3) is 5.91 Å².